The molecule has 5 heteroatoms. The van der Waals surface area contributed by atoms with Crippen LogP contribution in [0.3, 0.4) is 0 Å². The Morgan fingerprint density at radius 3 is 2.76 bits per heavy atom. The van der Waals surface area contributed by atoms with Gasteiger partial charge in [0.25, 0.3) is 0 Å². The quantitative estimate of drug-likeness (QED) is 0.921. The molecule has 1 N–H and O–H groups in total. The maximum Gasteiger partial charge on any atom is 0.0862 e. The standard InChI is InChI=1S/C12H20BrN3O/c1-10-2-4-15(5-3-10)8-12(17)9-16-7-11(13)6-14-16/h6-7,10,12,17H,2-5,8-9H2,1H3. The fourth-order valence-electron chi connectivity index (χ4n) is 2.25. The van der Waals surface area contributed by atoms with Crippen LogP contribution in [0.1, 0.15) is 19.8 Å². The van der Waals surface area contributed by atoms with Gasteiger partial charge in [0.2, 0.25) is 0 Å². The molecule has 17 heavy (non-hydrogen) atoms. The number of β-amino-alcohol motifs (C(OH)–C–C–N with tert-alkyl or cyclic N) is 1. The van der Waals surface area contributed by atoms with Gasteiger partial charge in [-0.3, -0.25) is 4.68 Å². The Morgan fingerprint density at radius 1 is 1.47 bits per heavy atom. The van der Waals surface area contributed by atoms with Crippen molar-refractivity contribution in [2.24, 2.45) is 5.92 Å². The lowest BCUT2D eigenvalue weighted by Crippen LogP contribution is -2.39. The van der Waals surface area contributed by atoms with E-state index in [1.165, 1.54) is 12.8 Å². The van der Waals surface area contributed by atoms with Gasteiger partial charge in [0.1, 0.15) is 0 Å². The Kier molecular flexibility index (Phi) is 4.59. The average molecular weight is 302 g/mol. The highest BCUT2D eigenvalue weighted by Gasteiger charge is 2.18. The first-order chi connectivity index (χ1) is 8.13. The van der Waals surface area contributed by atoms with E-state index in [1.54, 1.807) is 10.9 Å². The molecule has 1 fully saturated rings. The molecule has 0 spiro atoms. The van der Waals surface area contributed by atoms with Gasteiger partial charge >= 0.3 is 0 Å². The van der Waals surface area contributed by atoms with Gasteiger partial charge in [0.05, 0.1) is 23.3 Å². The van der Waals surface area contributed by atoms with E-state index in [0.29, 0.717) is 6.54 Å². The van der Waals surface area contributed by atoms with Gasteiger partial charge in [-0.25, -0.2) is 0 Å². The molecule has 1 aromatic heterocycles. The number of halogens is 1. The Bertz CT molecular complexity index is 347. The molecule has 1 aliphatic rings. The lowest BCUT2D eigenvalue weighted by molar-refractivity contribution is 0.0777. The highest BCUT2D eigenvalue weighted by molar-refractivity contribution is 9.10. The summed E-state index contributed by atoms with van der Waals surface area (Å²) >= 11 is 3.35. The molecule has 0 aromatic carbocycles. The molecule has 4 nitrogen and oxygen atoms in total. The minimum atomic E-state index is -0.338. The smallest absolute Gasteiger partial charge is 0.0862 e. The third-order valence-electron chi connectivity index (χ3n) is 3.34. The summed E-state index contributed by atoms with van der Waals surface area (Å²) in [5.74, 6) is 0.838. The van der Waals surface area contributed by atoms with Crippen LogP contribution in [-0.2, 0) is 6.54 Å². The normalized spacial score (nSPS) is 20.6. The number of aromatic nitrogens is 2. The average Bonchev–Trinajstić information content (AvgIpc) is 2.67. The molecule has 0 saturated carbocycles. The van der Waals surface area contributed by atoms with E-state index in [9.17, 15) is 5.11 Å². The fourth-order valence-corrected chi connectivity index (χ4v) is 2.58. The second kappa shape index (κ2) is 5.98. The number of piperidine rings is 1. The van der Waals surface area contributed by atoms with Crippen LogP contribution in [0.25, 0.3) is 0 Å². The molecule has 2 rings (SSSR count). The Morgan fingerprint density at radius 2 is 2.18 bits per heavy atom. The highest BCUT2D eigenvalue weighted by atomic mass is 79.9. The van der Waals surface area contributed by atoms with Crippen LogP contribution in [0, 0.1) is 5.92 Å². The highest BCUT2D eigenvalue weighted by Crippen LogP contribution is 2.16. The summed E-state index contributed by atoms with van der Waals surface area (Å²) in [6.07, 6.45) is 5.80. The minimum Gasteiger partial charge on any atom is -0.390 e. The number of likely N-dealkylation sites (tertiary alicyclic amines) is 1. The van der Waals surface area contributed by atoms with Gasteiger partial charge in [-0.1, -0.05) is 6.92 Å². The Balaban J connectivity index is 1.75. The summed E-state index contributed by atoms with van der Waals surface area (Å²) < 4.78 is 2.73. The van der Waals surface area contributed by atoms with Crippen LogP contribution in [0.15, 0.2) is 16.9 Å². The summed E-state index contributed by atoms with van der Waals surface area (Å²) in [5.41, 5.74) is 0. The molecule has 0 aliphatic carbocycles. The summed E-state index contributed by atoms with van der Waals surface area (Å²) in [4.78, 5) is 2.35. The van der Waals surface area contributed by atoms with Crippen molar-refractivity contribution < 1.29 is 5.11 Å². The lowest BCUT2D eigenvalue weighted by atomic mass is 9.99. The molecule has 1 atom stereocenters. The Labute approximate surface area is 111 Å². The summed E-state index contributed by atoms with van der Waals surface area (Å²) in [6, 6.07) is 0. The van der Waals surface area contributed by atoms with Crippen LogP contribution in [-0.4, -0.2) is 45.5 Å². The summed E-state index contributed by atoms with van der Waals surface area (Å²) in [5, 5.41) is 14.2. The predicted octanol–water partition coefficient (Wildman–Crippen LogP) is 1.74. The van der Waals surface area contributed by atoms with Crippen molar-refractivity contribution in [1.29, 1.82) is 0 Å². The first-order valence-electron chi connectivity index (χ1n) is 6.22. The van der Waals surface area contributed by atoms with E-state index in [-0.39, 0.29) is 6.10 Å². The fraction of sp³-hybridized carbons (Fsp3) is 0.750. The van der Waals surface area contributed by atoms with Crippen LogP contribution in [0.2, 0.25) is 0 Å². The number of rotatable bonds is 4. The van der Waals surface area contributed by atoms with Gasteiger partial charge in [-0.05, 0) is 47.8 Å². The zero-order chi connectivity index (χ0) is 12.3. The minimum absolute atomic E-state index is 0.338. The van der Waals surface area contributed by atoms with Crippen molar-refractivity contribution in [2.75, 3.05) is 19.6 Å². The molecule has 0 radical (unpaired) electrons. The molecule has 0 bridgehead atoms. The van der Waals surface area contributed by atoms with E-state index in [4.69, 9.17) is 0 Å². The third-order valence-corrected chi connectivity index (χ3v) is 3.75. The SMILES string of the molecule is CC1CCN(CC(O)Cn2cc(Br)cn2)CC1. The van der Waals surface area contributed by atoms with Crippen LogP contribution in [0.5, 0.6) is 0 Å². The number of hydrogen-bond acceptors (Lipinski definition) is 3. The molecule has 1 aliphatic heterocycles. The first-order valence-corrected chi connectivity index (χ1v) is 7.01. The molecular formula is C12H20BrN3O. The van der Waals surface area contributed by atoms with Gasteiger partial charge in [-0.2, -0.15) is 5.10 Å². The lowest BCUT2D eigenvalue weighted by Gasteiger charge is -2.31. The second-order valence-corrected chi connectivity index (χ2v) is 5.93. The van der Waals surface area contributed by atoms with Crippen molar-refractivity contribution in [2.45, 2.75) is 32.4 Å². The van der Waals surface area contributed by atoms with E-state index in [1.807, 2.05) is 6.20 Å². The first kappa shape index (κ1) is 13.1. The zero-order valence-electron chi connectivity index (χ0n) is 10.2. The number of aliphatic hydroxyl groups excluding tert-OH is 1. The van der Waals surface area contributed by atoms with Crippen molar-refractivity contribution in [3.05, 3.63) is 16.9 Å². The van der Waals surface area contributed by atoms with Crippen molar-refractivity contribution >= 4 is 15.9 Å². The third kappa shape index (κ3) is 4.08. The number of aliphatic hydroxyl groups is 1. The summed E-state index contributed by atoms with van der Waals surface area (Å²) in [6.45, 7) is 5.85. The Hall–Kier alpha value is -0.390. The molecule has 0 amide bonds. The van der Waals surface area contributed by atoms with Gasteiger partial charge < -0.3 is 10.0 Å². The van der Waals surface area contributed by atoms with Gasteiger partial charge in [0, 0.05) is 12.7 Å². The summed E-state index contributed by atoms with van der Waals surface area (Å²) in [7, 11) is 0. The van der Waals surface area contributed by atoms with Crippen LogP contribution >= 0.6 is 15.9 Å². The zero-order valence-corrected chi connectivity index (χ0v) is 11.8. The van der Waals surface area contributed by atoms with Crippen LogP contribution in [0.4, 0.5) is 0 Å². The maximum atomic E-state index is 10.0. The molecule has 2 heterocycles. The molecular weight excluding hydrogens is 282 g/mol. The molecule has 96 valence electrons. The molecule has 1 aromatic rings. The van der Waals surface area contributed by atoms with Gasteiger partial charge in [-0.15, -0.1) is 0 Å². The number of nitrogens with zero attached hydrogens (tertiary/aromatic N) is 3. The molecule has 1 saturated heterocycles. The van der Waals surface area contributed by atoms with E-state index >= 15 is 0 Å². The predicted molar refractivity (Wildman–Crippen MR) is 70.8 cm³/mol. The van der Waals surface area contributed by atoms with Crippen molar-refractivity contribution in [1.82, 2.24) is 14.7 Å². The van der Waals surface area contributed by atoms with Gasteiger partial charge in [0.15, 0.2) is 0 Å². The topological polar surface area (TPSA) is 41.3 Å². The van der Waals surface area contributed by atoms with Crippen LogP contribution < -0.4 is 0 Å². The second-order valence-electron chi connectivity index (χ2n) is 5.02. The van der Waals surface area contributed by atoms with Crippen molar-refractivity contribution in [3.63, 3.8) is 0 Å². The largest absolute Gasteiger partial charge is 0.390 e. The van der Waals surface area contributed by atoms with Crippen molar-refractivity contribution in [3.8, 4) is 0 Å². The number of hydrogen-bond donors (Lipinski definition) is 1. The van der Waals surface area contributed by atoms with E-state index < -0.39 is 0 Å². The van der Waals surface area contributed by atoms with E-state index in [2.05, 4.69) is 32.9 Å². The van der Waals surface area contributed by atoms with E-state index in [0.717, 1.165) is 30.0 Å². The maximum absolute atomic E-state index is 10.0. The monoisotopic (exact) mass is 301 g/mol. The molecule has 1 unspecified atom stereocenters.